The van der Waals surface area contributed by atoms with Crippen molar-refractivity contribution in [3.63, 3.8) is 0 Å². The van der Waals surface area contributed by atoms with Gasteiger partial charge in [0.1, 0.15) is 0 Å². The van der Waals surface area contributed by atoms with Crippen LogP contribution in [-0.2, 0) is 6.18 Å². The van der Waals surface area contributed by atoms with E-state index in [1.165, 1.54) is 12.1 Å². The number of nitrogens with zero attached hydrogens (tertiary/aromatic N) is 1. The summed E-state index contributed by atoms with van der Waals surface area (Å²) in [5.41, 5.74) is 1.83. The molecule has 0 saturated heterocycles. The summed E-state index contributed by atoms with van der Waals surface area (Å²) >= 11 is 1.16. The van der Waals surface area contributed by atoms with E-state index in [1.54, 1.807) is 18.2 Å². The van der Waals surface area contributed by atoms with Crippen molar-refractivity contribution in [3.05, 3.63) is 132 Å². The van der Waals surface area contributed by atoms with E-state index < -0.39 is 29.4 Å². The molecule has 1 aliphatic carbocycles. The predicted molar refractivity (Wildman–Crippen MR) is 158 cm³/mol. The number of anilines is 3. The molecule has 1 aliphatic rings. The van der Waals surface area contributed by atoms with Crippen molar-refractivity contribution in [3.8, 4) is 11.1 Å². The number of hydrogen-bond donors (Lipinski definition) is 1. The first kappa shape index (κ1) is 29.4. The molecule has 1 atom stereocenters. The lowest BCUT2D eigenvalue weighted by Crippen LogP contribution is -2.18. The lowest BCUT2D eigenvalue weighted by atomic mass is 9.93. The van der Waals surface area contributed by atoms with Crippen molar-refractivity contribution in [1.29, 1.82) is 0 Å². The summed E-state index contributed by atoms with van der Waals surface area (Å²) in [6.45, 7) is 2.38. The van der Waals surface area contributed by atoms with E-state index in [0.717, 1.165) is 47.6 Å². The molecule has 4 aromatic rings. The van der Waals surface area contributed by atoms with Crippen LogP contribution in [0.5, 0.6) is 0 Å². The van der Waals surface area contributed by atoms with E-state index in [-0.39, 0.29) is 0 Å². The van der Waals surface area contributed by atoms with Gasteiger partial charge in [-0.25, -0.2) is 0 Å². The first-order valence-corrected chi connectivity index (χ1v) is 14.0. The molecule has 4 aromatic carbocycles. The second-order valence-corrected chi connectivity index (χ2v) is 10.4. The predicted octanol–water partition coefficient (Wildman–Crippen LogP) is 10.8. The third-order valence-corrected chi connectivity index (χ3v) is 7.91. The van der Waals surface area contributed by atoms with Gasteiger partial charge in [-0.3, -0.25) is 0 Å². The van der Waals surface area contributed by atoms with Crippen LogP contribution in [0, 0.1) is 0 Å². The number of allylic oxidation sites excluding steroid dienone is 4. The standard InChI is InChI=1S/C33H26F6N2S/c1-2-41(26-12-7-4-8-13-26)30-19-18-24(33(37,38)39)21-29(30)28-15-9-14-27(22-16-17-23(20-22)32(34,35)36)31(28)42-40-25-10-5-3-6-11-25/h3-22,40H,2H2,1H3. The number of nitrogens with one attached hydrogen (secondary N) is 1. The van der Waals surface area contributed by atoms with Crippen molar-refractivity contribution >= 4 is 29.0 Å². The third kappa shape index (κ3) is 6.36. The van der Waals surface area contributed by atoms with E-state index in [9.17, 15) is 26.3 Å². The molecule has 0 fully saturated rings. The van der Waals surface area contributed by atoms with Gasteiger partial charge in [0.2, 0.25) is 0 Å². The van der Waals surface area contributed by atoms with E-state index in [0.29, 0.717) is 33.8 Å². The molecule has 42 heavy (non-hydrogen) atoms. The quantitative estimate of drug-likeness (QED) is 0.161. The van der Waals surface area contributed by atoms with Gasteiger partial charge in [0.25, 0.3) is 0 Å². The molecule has 2 nitrogen and oxygen atoms in total. The Bertz CT molecular complexity index is 1590. The average molecular weight is 597 g/mol. The van der Waals surface area contributed by atoms with Crippen molar-refractivity contribution in [2.24, 2.45) is 0 Å². The van der Waals surface area contributed by atoms with Gasteiger partial charge in [0.15, 0.2) is 0 Å². The highest BCUT2D eigenvalue weighted by atomic mass is 32.2. The fourth-order valence-corrected chi connectivity index (χ4v) is 5.88. The highest BCUT2D eigenvalue weighted by molar-refractivity contribution is 8.00. The first-order chi connectivity index (χ1) is 20.1. The Labute approximate surface area is 244 Å². The zero-order chi connectivity index (χ0) is 29.9. The van der Waals surface area contributed by atoms with Crippen LogP contribution < -0.4 is 9.62 Å². The highest BCUT2D eigenvalue weighted by Crippen LogP contribution is 2.46. The third-order valence-electron chi connectivity index (χ3n) is 6.91. The van der Waals surface area contributed by atoms with Crippen LogP contribution in [0.25, 0.3) is 11.1 Å². The number of rotatable bonds is 8. The van der Waals surface area contributed by atoms with E-state index in [2.05, 4.69) is 4.72 Å². The maximum absolute atomic E-state index is 14.0. The van der Waals surface area contributed by atoms with Crippen LogP contribution in [0.4, 0.5) is 43.4 Å². The molecule has 0 saturated carbocycles. The van der Waals surface area contributed by atoms with Crippen LogP contribution in [0.2, 0.25) is 0 Å². The van der Waals surface area contributed by atoms with Crippen LogP contribution in [0.15, 0.2) is 126 Å². The molecule has 1 N–H and O–H groups in total. The molecule has 5 rings (SSSR count). The molecule has 0 spiro atoms. The van der Waals surface area contributed by atoms with Gasteiger partial charge in [-0.15, -0.1) is 0 Å². The molecular weight excluding hydrogens is 570 g/mol. The second kappa shape index (κ2) is 12.0. The first-order valence-electron chi connectivity index (χ1n) is 13.2. The Morgan fingerprint density at radius 3 is 2.07 bits per heavy atom. The Balaban J connectivity index is 1.72. The lowest BCUT2D eigenvalue weighted by Gasteiger charge is -2.28. The zero-order valence-electron chi connectivity index (χ0n) is 22.4. The van der Waals surface area contributed by atoms with Crippen molar-refractivity contribution < 1.29 is 26.3 Å². The number of hydrogen-bond acceptors (Lipinski definition) is 3. The van der Waals surface area contributed by atoms with Crippen molar-refractivity contribution in [1.82, 2.24) is 0 Å². The fraction of sp³-hybridized carbons (Fsp3) is 0.152. The van der Waals surface area contributed by atoms with E-state index in [1.807, 2.05) is 72.5 Å². The van der Waals surface area contributed by atoms with Gasteiger partial charge < -0.3 is 9.62 Å². The molecule has 0 aliphatic heterocycles. The minimum absolute atomic E-state index is 0.316. The van der Waals surface area contributed by atoms with Crippen LogP contribution in [-0.4, -0.2) is 12.7 Å². The van der Waals surface area contributed by atoms with Gasteiger partial charge >= 0.3 is 12.4 Å². The van der Waals surface area contributed by atoms with Gasteiger partial charge in [-0.1, -0.05) is 72.8 Å². The van der Waals surface area contributed by atoms with E-state index in [4.69, 9.17) is 0 Å². The van der Waals surface area contributed by atoms with Crippen molar-refractivity contribution in [2.45, 2.75) is 30.1 Å². The number of alkyl halides is 6. The summed E-state index contributed by atoms with van der Waals surface area (Å²) in [4.78, 5) is 2.44. The second-order valence-electron chi connectivity index (χ2n) is 9.61. The average Bonchev–Trinajstić information content (AvgIpc) is 3.48. The van der Waals surface area contributed by atoms with Gasteiger partial charge in [-0.2, -0.15) is 26.3 Å². The molecule has 216 valence electrons. The summed E-state index contributed by atoms with van der Waals surface area (Å²) in [7, 11) is 0. The summed E-state index contributed by atoms with van der Waals surface area (Å²) in [6, 6.07) is 27.2. The highest BCUT2D eigenvalue weighted by Gasteiger charge is 2.36. The van der Waals surface area contributed by atoms with Crippen LogP contribution in [0.3, 0.4) is 0 Å². The van der Waals surface area contributed by atoms with Crippen LogP contribution in [0.1, 0.15) is 24.0 Å². The fourth-order valence-electron chi connectivity index (χ4n) is 4.92. The zero-order valence-corrected chi connectivity index (χ0v) is 23.2. The smallest absolute Gasteiger partial charge is 0.341 e. The number of para-hydroxylation sites is 2. The van der Waals surface area contributed by atoms with Crippen LogP contribution >= 0.6 is 11.9 Å². The summed E-state index contributed by atoms with van der Waals surface area (Å²) < 4.78 is 85.8. The molecule has 0 heterocycles. The molecule has 0 aromatic heterocycles. The van der Waals surface area contributed by atoms with Gasteiger partial charge in [-0.05, 0) is 72.5 Å². The van der Waals surface area contributed by atoms with E-state index >= 15 is 0 Å². The molecule has 0 radical (unpaired) electrons. The molecule has 1 unspecified atom stereocenters. The molecule has 0 amide bonds. The molecule has 0 bridgehead atoms. The molecule has 9 heteroatoms. The van der Waals surface area contributed by atoms with Gasteiger partial charge in [0, 0.05) is 40.0 Å². The largest absolute Gasteiger partial charge is 0.416 e. The Hall–Kier alpha value is -4.11. The lowest BCUT2D eigenvalue weighted by molar-refractivity contribution is -0.137. The maximum atomic E-state index is 14.0. The Morgan fingerprint density at radius 1 is 0.762 bits per heavy atom. The number of halogens is 6. The maximum Gasteiger partial charge on any atom is 0.416 e. The summed E-state index contributed by atoms with van der Waals surface area (Å²) in [5, 5.41) is 0. The summed E-state index contributed by atoms with van der Waals surface area (Å²) in [5.74, 6) is -0.715. The van der Waals surface area contributed by atoms with Gasteiger partial charge in [0.05, 0.1) is 11.1 Å². The minimum atomic E-state index is -4.59. The molecular formula is C33H26F6N2S. The Morgan fingerprint density at radius 2 is 1.45 bits per heavy atom. The Kier molecular flexibility index (Phi) is 8.41. The SMILES string of the molecule is CCN(c1ccccc1)c1ccc(C(F)(F)F)cc1-c1cccc(C2C=CC(C(F)(F)F)=C2)c1SNc1ccccc1. The monoisotopic (exact) mass is 596 g/mol. The normalized spacial score (nSPS) is 15.0. The topological polar surface area (TPSA) is 15.3 Å². The van der Waals surface area contributed by atoms with Crippen molar-refractivity contribution in [2.75, 3.05) is 16.2 Å². The number of benzene rings is 4. The summed E-state index contributed by atoms with van der Waals surface area (Å²) in [6.07, 6.45) is -5.46. The minimum Gasteiger partial charge on any atom is -0.341 e.